The van der Waals surface area contributed by atoms with Gasteiger partial charge in [-0.25, -0.2) is 0 Å². The lowest BCUT2D eigenvalue weighted by molar-refractivity contribution is 0.328. The van der Waals surface area contributed by atoms with Crippen molar-refractivity contribution in [2.75, 3.05) is 39.3 Å². The van der Waals surface area contributed by atoms with Gasteiger partial charge in [0.25, 0.3) is 0 Å². The lowest BCUT2D eigenvalue weighted by atomic mass is 10.1. The second kappa shape index (κ2) is 10.3. The smallest absolute Gasteiger partial charge is 0.191 e. The Kier molecular flexibility index (Phi) is 8.10. The molecule has 0 radical (unpaired) electrons. The third-order valence-corrected chi connectivity index (χ3v) is 4.45. The predicted molar refractivity (Wildman–Crippen MR) is 104 cm³/mol. The maximum atomic E-state index is 4.65. The van der Waals surface area contributed by atoms with Gasteiger partial charge in [-0.2, -0.15) is 0 Å². The van der Waals surface area contributed by atoms with Crippen LogP contribution in [0.25, 0.3) is 0 Å². The summed E-state index contributed by atoms with van der Waals surface area (Å²) in [6.07, 6.45) is 2.44. The van der Waals surface area contributed by atoms with E-state index in [0.29, 0.717) is 5.92 Å². The molecule has 0 amide bonds. The minimum atomic E-state index is 0.598. The highest BCUT2D eigenvalue weighted by molar-refractivity contribution is 5.79. The third-order valence-electron chi connectivity index (χ3n) is 4.45. The number of guanidine groups is 1. The lowest BCUT2D eigenvalue weighted by Crippen LogP contribution is -2.40. The highest BCUT2D eigenvalue weighted by Crippen LogP contribution is 2.16. The van der Waals surface area contributed by atoms with Crippen LogP contribution in [0.3, 0.4) is 0 Å². The Morgan fingerprint density at radius 2 is 2.04 bits per heavy atom. The fourth-order valence-corrected chi connectivity index (χ4v) is 3.07. The van der Waals surface area contributed by atoms with Crippen LogP contribution >= 0.6 is 0 Å². The molecule has 1 fully saturated rings. The fourth-order valence-electron chi connectivity index (χ4n) is 3.07. The molecule has 134 valence electrons. The summed E-state index contributed by atoms with van der Waals surface area (Å²) >= 11 is 0. The first kappa shape index (κ1) is 18.8. The second-order valence-corrected chi connectivity index (χ2v) is 7.19. The summed E-state index contributed by atoms with van der Waals surface area (Å²) in [6.45, 7) is 12.9. The highest BCUT2D eigenvalue weighted by atomic mass is 15.2. The zero-order chi connectivity index (χ0) is 17.2. The number of nitrogens with zero attached hydrogens (tertiary/aromatic N) is 2. The number of hydrogen-bond acceptors (Lipinski definition) is 2. The Labute approximate surface area is 147 Å². The second-order valence-electron chi connectivity index (χ2n) is 7.19. The third kappa shape index (κ3) is 6.91. The molecule has 0 saturated carbocycles. The van der Waals surface area contributed by atoms with E-state index in [1.807, 2.05) is 0 Å². The van der Waals surface area contributed by atoms with E-state index >= 15 is 0 Å². The number of likely N-dealkylation sites (tertiary alicyclic amines) is 1. The molecule has 0 spiro atoms. The van der Waals surface area contributed by atoms with Gasteiger partial charge in [0.05, 0.1) is 0 Å². The molecular weight excluding hydrogens is 296 g/mol. The summed E-state index contributed by atoms with van der Waals surface area (Å²) in [7, 11) is 0. The topological polar surface area (TPSA) is 39.7 Å². The molecule has 1 atom stereocenters. The number of rotatable bonds is 8. The Balaban J connectivity index is 1.69. The van der Waals surface area contributed by atoms with Gasteiger partial charge in [0.15, 0.2) is 5.96 Å². The van der Waals surface area contributed by atoms with Crippen molar-refractivity contribution in [2.45, 2.75) is 33.6 Å². The van der Waals surface area contributed by atoms with Gasteiger partial charge < -0.3 is 15.5 Å². The van der Waals surface area contributed by atoms with Gasteiger partial charge in [0, 0.05) is 32.7 Å². The number of aliphatic imine (C=N–C) groups is 1. The molecule has 1 saturated heterocycles. The average molecular weight is 331 g/mol. The van der Waals surface area contributed by atoms with Crippen molar-refractivity contribution in [3.63, 3.8) is 0 Å². The zero-order valence-corrected chi connectivity index (χ0v) is 15.6. The van der Waals surface area contributed by atoms with Crippen molar-refractivity contribution >= 4 is 5.96 Å². The highest BCUT2D eigenvalue weighted by Gasteiger charge is 2.22. The molecule has 4 heteroatoms. The number of benzene rings is 1. The van der Waals surface area contributed by atoms with Gasteiger partial charge in [-0.15, -0.1) is 0 Å². The van der Waals surface area contributed by atoms with Crippen LogP contribution in [0.4, 0.5) is 0 Å². The molecular formula is C20H34N4. The quantitative estimate of drug-likeness (QED) is 0.569. The SMILES string of the molecule is CCNC(=NCC(C)C)NCC1CCN(CCc2ccccc2)C1. The largest absolute Gasteiger partial charge is 0.357 e. The Hall–Kier alpha value is -1.55. The van der Waals surface area contributed by atoms with Gasteiger partial charge in [0.2, 0.25) is 0 Å². The molecule has 1 aliphatic rings. The summed E-state index contributed by atoms with van der Waals surface area (Å²) in [4.78, 5) is 7.24. The summed E-state index contributed by atoms with van der Waals surface area (Å²) in [5, 5.41) is 6.87. The Morgan fingerprint density at radius 3 is 2.75 bits per heavy atom. The maximum absolute atomic E-state index is 4.65. The molecule has 1 aromatic rings. The fraction of sp³-hybridized carbons (Fsp3) is 0.650. The van der Waals surface area contributed by atoms with Crippen molar-refractivity contribution < 1.29 is 0 Å². The van der Waals surface area contributed by atoms with Gasteiger partial charge in [0.1, 0.15) is 0 Å². The summed E-state index contributed by atoms with van der Waals surface area (Å²) in [5.74, 6) is 2.29. The normalized spacial score (nSPS) is 19.0. The van der Waals surface area contributed by atoms with Crippen LogP contribution in [-0.2, 0) is 6.42 Å². The van der Waals surface area contributed by atoms with Crippen LogP contribution in [0.15, 0.2) is 35.3 Å². The molecule has 0 aromatic heterocycles. The number of nitrogens with one attached hydrogen (secondary N) is 2. The zero-order valence-electron chi connectivity index (χ0n) is 15.6. The van der Waals surface area contributed by atoms with Gasteiger partial charge in [-0.1, -0.05) is 44.2 Å². The molecule has 4 nitrogen and oxygen atoms in total. The summed E-state index contributed by atoms with van der Waals surface area (Å²) < 4.78 is 0. The Morgan fingerprint density at radius 1 is 1.25 bits per heavy atom. The minimum absolute atomic E-state index is 0.598. The minimum Gasteiger partial charge on any atom is -0.357 e. The first-order valence-corrected chi connectivity index (χ1v) is 9.45. The van der Waals surface area contributed by atoms with Crippen molar-refractivity contribution in [1.82, 2.24) is 15.5 Å². The molecule has 1 unspecified atom stereocenters. The summed E-state index contributed by atoms with van der Waals surface area (Å²) in [5.41, 5.74) is 1.44. The van der Waals surface area contributed by atoms with Crippen LogP contribution in [0.1, 0.15) is 32.8 Å². The molecule has 1 heterocycles. The van der Waals surface area contributed by atoms with E-state index in [1.54, 1.807) is 0 Å². The van der Waals surface area contributed by atoms with Gasteiger partial charge in [-0.3, -0.25) is 4.99 Å². The van der Waals surface area contributed by atoms with Crippen molar-refractivity contribution in [3.05, 3.63) is 35.9 Å². The molecule has 0 bridgehead atoms. The van der Waals surface area contributed by atoms with E-state index in [-0.39, 0.29) is 0 Å². The molecule has 1 aromatic carbocycles. The van der Waals surface area contributed by atoms with E-state index < -0.39 is 0 Å². The predicted octanol–water partition coefficient (Wildman–Crippen LogP) is 2.76. The first-order chi connectivity index (χ1) is 11.7. The van der Waals surface area contributed by atoms with Crippen molar-refractivity contribution in [2.24, 2.45) is 16.8 Å². The van der Waals surface area contributed by atoms with E-state index in [0.717, 1.165) is 37.9 Å². The van der Waals surface area contributed by atoms with E-state index in [9.17, 15) is 0 Å². The standard InChI is InChI=1S/C20H34N4/c1-4-21-20(22-14-17(2)3)23-15-19-11-13-24(16-19)12-10-18-8-6-5-7-9-18/h5-9,17,19H,4,10-16H2,1-3H3,(H2,21,22,23). The van der Waals surface area contributed by atoms with E-state index in [1.165, 1.54) is 31.6 Å². The maximum Gasteiger partial charge on any atom is 0.191 e. The lowest BCUT2D eigenvalue weighted by Gasteiger charge is -2.17. The van der Waals surface area contributed by atoms with Crippen LogP contribution in [0.5, 0.6) is 0 Å². The molecule has 2 N–H and O–H groups in total. The van der Waals surface area contributed by atoms with Crippen molar-refractivity contribution in [3.8, 4) is 0 Å². The van der Waals surface area contributed by atoms with Crippen molar-refractivity contribution in [1.29, 1.82) is 0 Å². The first-order valence-electron chi connectivity index (χ1n) is 9.45. The van der Waals surface area contributed by atoms with Crippen LogP contribution in [0.2, 0.25) is 0 Å². The molecule has 2 rings (SSSR count). The van der Waals surface area contributed by atoms with Crippen LogP contribution < -0.4 is 10.6 Å². The monoisotopic (exact) mass is 330 g/mol. The van der Waals surface area contributed by atoms with E-state index in [4.69, 9.17) is 0 Å². The molecule has 0 aliphatic carbocycles. The van der Waals surface area contributed by atoms with E-state index in [2.05, 4.69) is 71.6 Å². The van der Waals surface area contributed by atoms with Crippen LogP contribution in [-0.4, -0.2) is 50.1 Å². The molecule has 1 aliphatic heterocycles. The molecule has 24 heavy (non-hydrogen) atoms. The Bertz CT molecular complexity index is 484. The summed E-state index contributed by atoms with van der Waals surface area (Å²) in [6, 6.07) is 10.8. The van der Waals surface area contributed by atoms with Gasteiger partial charge >= 0.3 is 0 Å². The average Bonchev–Trinajstić information content (AvgIpc) is 3.04. The van der Waals surface area contributed by atoms with Crippen LogP contribution in [0, 0.1) is 11.8 Å². The number of hydrogen-bond donors (Lipinski definition) is 2. The van der Waals surface area contributed by atoms with Gasteiger partial charge in [-0.05, 0) is 43.7 Å².